The number of hydrogen-bond donors (Lipinski definition) is 0. The van der Waals surface area contributed by atoms with E-state index in [-0.39, 0.29) is 0 Å². The lowest BCUT2D eigenvalue weighted by Gasteiger charge is -2.02. The minimum absolute atomic E-state index is 0.883. The van der Waals surface area contributed by atoms with E-state index in [9.17, 15) is 0 Å². The molecule has 0 saturated heterocycles. The molecule has 0 fully saturated rings. The van der Waals surface area contributed by atoms with Crippen LogP contribution in [0.1, 0.15) is 4.88 Å². The summed E-state index contributed by atoms with van der Waals surface area (Å²) in [5, 5.41) is 0. The van der Waals surface area contributed by atoms with E-state index in [4.69, 9.17) is 33.2 Å². The van der Waals surface area contributed by atoms with Crippen LogP contribution in [0.3, 0.4) is 0 Å². The SMILES string of the molecule is Cc1ccc(-c2ccc(-c3ccc(-c4ccc([Si](Cl)(Cl)Cl)s4)s3)s2)s1. The molecule has 0 saturated carbocycles. The summed E-state index contributed by atoms with van der Waals surface area (Å²) in [6.45, 7) is 2.14. The highest BCUT2D eigenvalue weighted by molar-refractivity contribution is 7.73. The molecule has 0 aliphatic carbocycles. The number of thiophene rings is 4. The fraction of sp³-hybridized carbons (Fsp3) is 0.0588. The average molecular weight is 478 g/mol. The summed E-state index contributed by atoms with van der Waals surface area (Å²) in [4.78, 5) is 8.96. The lowest BCUT2D eigenvalue weighted by molar-refractivity contribution is 1.64. The molecule has 0 aromatic carbocycles. The van der Waals surface area contributed by atoms with E-state index in [0.717, 1.165) is 9.38 Å². The van der Waals surface area contributed by atoms with Gasteiger partial charge in [0.15, 0.2) is 0 Å². The topological polar surface area (TPSA) is 0 Å². The van der Waals surface area contributed by atoms with Crippen molar-refractivity contribution in [3.63, 3.8) is 0 Å². The monoisotopic (exact) mass is 476 g/mol. The van der Waals surface area contributed by atoms with Gasteiger partial charge < -0.3 is 0 Å². The molecule has 8 heteroatoms. The van der Waals surface area contributed by atoms with Crippen molar-refractivity contribution in [1.82, 2.24) is 0 Å². The second-order valence-electron chi connectivity index (χ2n) is 5.40. The highest BCUT2D eigenvalue weighted by Crippen LogP contribution is 2.42. The fourth-order valence-electron chi connectivity index (χ4n) is 2.40. The largest absolute Gasteiger partial charge is 0.383 e. The van der Waals surface area contributed by atoms with Crippen molar-refractivity contribution in [2.24, 2.45) is 0 Å². The second-order valence-corrected chi connectivity index (χ2v) is 18.7. The first-order chi connectivity index (χ1) is 11.9. The zero-order valence-corrected chi connectivity index (χ0v) is 19.4. The Balaban J connectivity index is 1.61. The number of aryl methyl sites for hydroxylation is 1. The van der Waals surface area contributed by atoms with Gasteiger partial charge in [-0.15, -0.1) is 78.6 Å². The predicted octanol–water partition coefficient (Wildman–Crippen LogP) is 8.10. The third-order valence-electron chi connectivity index (χ3n) is 3.57. The Morgan fingerprint density at radius 3 is 1.36 bits per heavy atom. The van der Waals surface area contributed by atoms with Crippen molar-refractivity contribution < 1.29 is 0 Å². The Labute approximate surface area is 177 Å². The van der Waals surface area contributed by atoms with Gasteiger partial charge in [0.25, 0.3) is 0 Å². The third kappa shape index (κ3) is 3.94. The van der Waals surface area contributed by atoms with Crippen LogP contribution in [0.5, 0.6) is 0 Å². The Kier molecular flexibility index (Phi) is 5.21. The summed E-state index contributed by atoms with van der Waals surface area (Å²) >= 11 is 25.4. The molecular formula is C17H11Cl3S4Si. The van der Waals surface area contributed by atoms with Crippen LogP contribution in [0.15, 0.2) is 48.5 Å². The van der Waals surface area contributed by atoms with Gasteiger partial charge in [0.2, 0.25) is 0 Å². The van der Waals surface area contributed by atoms with E-state index in [1.54, 1.807) is 22.7 Å². The first kappa shape index (κ1) is 18.3. The lowest BCUT2D eigenvalue weighted by atomic mass is 10.3. The molecule has 0 spiro atoms. The molecular weight excluding hydrogens is 467 g/mol. The molecule has 25 heavy (non-hydrogen) atoms. The molecule has 4 aromatic rings. The van der Waals surface area contributed by atoms with E-state index < -0.39 is 6.00 Å². The summed E-state index contributed by atoms with van der Waals surface area (Å²) in [6.07, 6.45) is 0. The third-order valence-corrected chi connectivity index (χ3v) is 13.0. The van der Waals surface area contributed by atoms with Gasteiger partial charge in [-0.3, -0.25) is 0 Å². The van der Waals surface area contributed by atoms with Crippen molar-refractivity contribution in [3.05, 3.63) is 53.4 Å². The summed E-state index contributed by atoms with van der Waals surface area (Å²) < 4.78 is 0.883. The van der Waals surface area contributed by atoms with Crippen LogP contribution in [0, 0.1) is 6.92 Å². The molecule has 128 valence electrons. The van der Waals surface area contributed by atoms with Gasteiger partial charge in [-0.2, -0.15) is 0 Å². The van der Waals surface area contributed by atoms with Crippen molar-refractivity contribution >= 4 is 89.1 Å². The highest BCUT2D eigenvalue weighted by Gasteiger charge is 2.30. The van der Waals surface area contributed by atoms with Crippen LogP contribution in [0.2, 0.25) is 0 Å². The molecule has 4 rings (SSSR count). The van der Waals surface area contributed by atoms with E-state index in [1.807, 2.05) is 28.7 Å². The van der Waals surface area contributed by atoms with Gasteiger partial charge in [-0.25, -0.2) is 0 Å². The Morgan fingerprint density at radius 1 is 0.560 bits per heavy atom. The van der Waals surface area contributed by atoms with Gasteiger partial charge in [0, 0.05) is 38.6 Å². The van der Waals surface area contributed by atoms with E-state index in [1.165, 1.54) is 29.3 Å². The molecule has 0 radical (unpaired) electrons. The van der Waals surface area contributed by atoms with Crippen LogP contribution in [0.25, 0.3) is 29.3 Å². The smallest absolute Gasteiger partial charge is 0.140 e. The minimum atomic E-state index is -2.79. The predicted molar refractivity (Wildman–Crippen MR) is 122 cm³/mol. The zero-order valence-electron chi connectivity index (χ0n) is 12.9. The molecule has 4 heterocycles. The van der Waals surface area contributed by atoms with Crippen molar-refractivity contribution in [1.29, 1.82) is 0 Å². The summed E-state index contributed by atoms with van der Waals surface area (Å²) in [5.74, 6) is 0. The maximum atomic E-state index is 6.11. The van der Waals surface area contributed by atoms with Gasteiger partial charge >= 0.3 is 6.00 Å². The molecule has 0 bridgehead atoms. The minimum Gasteiger partial charge on any atom is -0.140 e. The van der Waals surface area contributed by atoms with E-state index >= 15 is 0 Å². The Hall–Kier alpha value is -0.113. The van der Waals surface area contributed by atoms with Gasteiger partial charge in [-0.1, -0.05) is 0 Å². The quantitative estimate of drug-likeness (QED) is 0.206. The molecule has 0 N–H and O–H groups in total. The van der Waals surface area contributed by atoms with Gasteiger partial charge in [0.1, 0.15) is 0 Å². The molecule has 0 nitrogen and oxygen atoms in total. The van der Waals surface area contributed by atoms with Gasteiger partial charge in [0.05, 0.1) is 0 Å². The highest BCUT2D eigenvalue weighted by atomic mass is 35.8. The van der Waals surface area contributed by atoms with Gasteiger partial charge in [-0.05, 0) is 55.5 Å². The molecule has 0 aliphatic heterocycles. The maximum absolute atomic E-state index is 6.11. The van der Waals surface area contributed by atoms with E-state index in [0.29, 0.717) is 0 Å². The summed E-state index contributed by atoms with van der Waals surface area (Å²) in [5.41, 5.74) is 0. The van der Waals surface area contributed by atoms with Crippen LogP contribution in [-0.2, 0) is 0 Å². The molecule has 0 aliphatic rings. The molecule has 0 unspecified atom stereocenters. The second kappa shape index (κ2) is 7.13. The van der Waals surface area contributed by atoms with Crippen LogP contribution in [-0.4, -0.2) is 6.00 Å². The molecule has 0 atom stereocenters. The normalized spacial score (nSPS) is 12.0. The number of rotatable bonds is 4. The van der Waals surface area contributed by atoms with Crippen molar-refractivity contribution in [2.75, 3.05) is 0 Å². The Morgan fingerprint density at radius 2 is 0.960 bits per heavy atom. The zero-order chi connectivity index (χ0) is 17.6. The molecule has 0 amide bonds. The van der Waals surface area contributed by atoms with Crippen LogP contribution >= 0.6 is 78.6 Å². The summed E-state index contributed by atoms with van der Waals surface area (Å²) in [7, 11) is 0. The van der Waals surface area contributed by atoms with Crippen LogP contribution < -0.4 is 4.50 Å². The molecule has 4 aromatic heterocycles. The summed E-state index contributed by atoms with van der Waals surface area (Å²) in [6, 6.07) is 14.3. The maximum Gasteiger partial charge on any atom is 0.383 e. The van der Waals surface area contributed by atoms with Crippen LogP contribution in [0.4, 0.5) is 0 Å². The Bertz CT molecular complexity index is 1020. The number of halogens is 3. The first-order valence-corrected chi connectivity index (χ1v) is 15.6. The average Bonchev–Trinajstić information content (AvgIpc) is 3.31. The fourth-order valence-corrected chi connectivity index (χ4v) is 8.98. The van der Waals surface area contributed by atoms with Crippen molar-refractivity contribution in [2.45, 2.75) is 6.92 Å². The van der Waals surface area contributed by atoms with Crippen molar-refractivity contribution in [3.8, 4) is 29.3 Å². The number of hydrogen-bond acceptors (Lipinski definition) is 4. The van der Waals surface area contributed by atoms with E-state index in [2.05, 4.69) is 49.4 Å². The first-order valence-electron chi connectivity index (χ1n) is 7.34. The lowest BCUT2D eigenvalue weighted by Crippen LogP contribution is -2.26. The standard InChI is InChI=1S/C17H11Cl3S4Si/c1-10-2-3-11(21-10)12-4-5-13(22-12)14-6-7-15(23-14)16-8-9-17(24-16)25(18,19)20/h2-9H,1H3.